The van der Waals surface area contributed by atoms with Gasteiger partial charge in [0.05, 0.1) is 0 Å². The lowest BCUT2D eigenvalue weighted by molar-refractivity contribution is -0.133. The van der Waals surface area contributed by atoms with E-state index in [2.05, 4.69) is 17.9 Å². The molecule has 0 heterocycles. The van der Waals surface area contributed by atoms with Crippen molar-refractivity contribution in [3.05, 3.63) is 53.7 Å². The Morgan fingerprint density at radius 3 is 2.38 bits per heavy atom. The van der Waals surface area contributed by atoms with Crippen LogP contribution in [0.25, 0.3) is 5.57 Å². The number of carbonyl (C=O) groups excluding carboxylic acids is 1. The average molecular weight is 335 g/mol. The fraction of sp³-hybridized carbons (Fsp3) is 0.450. The molecule has 0 radical (unpaired) electrons. The summed E-state index contributed by atoms with van der Waals surface area (Å²) in [5, 5.41) is 0. The number of nitrogens with zero attached hydrogens (tertiary/aromatic N) is 1. The predicted molar refractivity (Wildman–Crippen MR) is 99.3 cm³/mol. The van der Waals surface area contributed by atoms with E-state index < -0.39 is 0 Å². The first kappa shape index (κ1) is 22.1. The highest BCUT2D eigenvalue weighted by Gasteiger charge is 2.01. The van der Waals surface area contributed by atoms with Crippen molar-refractivity contribution in [3.63, 3.8) is 0 Å². The van der Waals surface area contributed by atoms with Gasteiger partial charge in [0.15, 0.2) is 0 Å². The zero-order valence-electron chi connectivity index (χ0n) is 15.5. The van der Waals surface area contributed by atoms with Crippen molar-refractivity contribution in [1.82, 2.24) is 4.90 Å². The molecular weight excluding hydrogens is 305 g/mol. The summed E-state index contributed by atoms with van der Waals surface area (Å²) < 4.78 is 11.7. The van der Waals surface area contributed by atoms with E-state index in [-0.39, 0.29) is 12.4 Å². The molecule has 0 saturated heterocycles. The van der Waals surface area contributed by atoms with Gasteiger partial charge in [0.1, 0.15) is 12.4 Å². The van der Waals surface area contributed by atoms with Crippen molar-refractivity contribution < 1.29 is 14.3 Å². The highest BCUT2D eigenvalue weighted by atomic mass is 19.3. The lowest BCUT2D eigenvalue weighted by Crippen LogP contribution is -2.15. The highest BCUT2D eigenvalue weighted by Crippen LogP contribution is 2.18. The van der Waals surface area contributed by atoms with Gasteiger partial charge in [-0.1, -0.05) is 51.1 Å². The first-order valence-electron chi connectivity index (χ1n) is 8.47. The summed E-state index contributed by atoms with van der Waals surface area (Å²) >= 11 is 0. The number of Topliss-reactive ketones (excluding diaryl/α,β-unsaturated/α-hetero) is 1. The van der Waals surface area contributed by atoms with Crippen molar-refractivity contribution in [3.8, 4) is 0 Å². The van der Waals surface area contributed by atoms with Gasteiger partial charge < -0.3 is 4.90 Å². The molecule has 0 amide bonds. The van der Waals surface area contributed by atoms with E-state index in [4.69, 9.17) is 0 Å². The van der Waals surface area contributed by atoms with Gasteiger partial charge in [-0.05, 0) is 46.8 Å². The first-order valence-corrected chi connectivity index (χ1v) is 8.47. The monoisotopic (exact) mass is 335 g/mol. The molecule has 0 fully saturated rings. The van der Waals surface area contributed by atoms with Crippen LogP contribution in [0.15, 0.2) is 42.6 Å². The summed E-state index contributed by atoms with van der Waals surface area (Å²) in [6.07, 6.45) is 7.43. The molecule has 1 aromatic carbocycles. The molecule has 0 bridgehead atoms. The number of halogens is 1. The SMILES string of the molecule is CC.CC/C=C(/C=C\N(C)CCOF)c1ccc(CC(C)=O)cc1. The number of ketones is 1. The minimum Gasteiger partial charge on any atom is -0.378 e. The summed E-state index contributed by atoms with van der Waals surface area (Å²) in [7, 11) is 1.87. The van der Waals surface area contributed by atoms with Gasteiger partial charge in [-0.25, -0.2) is 0 Å². The van der Waals surface area contributed by atoms with E-state index in [1.807, 2.05) is 62.3 Å². The molecule has 24 heavy (non-hydrogen) atoms. The Morgan fingerprint density at radius 1 is 1.25 bits per heavy atom. The standard InChI is InChI=1S/C18H24FNO2.C2H6/c1-4-5-17(10-11-20(3)12-13-22-19)18-8-6-16(7-9-18)14-15(2)21;1-2/h5-11H,4,12-14H2,1-3H3;1-2H3/b11-10-,17-5-;. The Bertz CT molecular complexity index is 521. The van der Waals surface area contributed by atoms with Crippen LogP contribution in [0, 0.1) is 0 Å². The van der Waals surface area contributed by atoms with Crippen LogP contribution in [0.2, 0.25) is 0 Å². The minimum absolute atomic E-state index is 0.0490. The highest BCUT2D eigenvalue weighted by molar-refractivity contribution is 5.79. The minimum atomic E-state index is 0.0490. The number of hydrogen-bond acceptors (Lipinski definition) is 3. The molecule has 4 heteroatoms. The Labute approximate surface area is 145 Å². The number of allylic oxidation sites excluding steroid dienone is 3. The van der Waals surface area contributed by atoms with E-state index in [9.17, 15) is 9.32 Å². The lowest BCUT2D eigenvalue weighted by Gasteiger charge is -2.12. The number of likely N-dealkylation sites (N-methyl/N-ethyl adjacent to an activating group) is 1. The maximum absolute atomic E-state index is 11.7. The maximum Gasteiger partial charge on any atom is 0.134 e. The van der Waals surface area contributed by atoms with Gasteiger partial charge in [-0.3, -0.25) is 4.79 Å². The Hall–Kier alpha value is -1.94. The van der Waals surface area contributed by atoms with Crippen molar-refractivity contribution in [2.24, 2.45) is 0 Å². The Balaban J connectivity index is 0.00000254. The molecule has 0 atom stereocenters. The van der Waals surface area contributed by atoms with Crippen molar-refractivity contribution >= 4 is 11.4 Å². The molecule has 0 aromatic heterocycles. The smallest absolute Gasteiger partial charge is 0.134 e. The molecule has 0 saturated carbocycles. The fourth-order valence-electron chi connectivity index (χ4n) is 2.07. The van der Waals surface area contributed by atoms with Gasteiger partial charge in [0.25, 0.3) is 0 Å². The number of benzene rings is 1. The van der Waals surface area contributed by atoms with Crippen LogP contribution < -0.4 is 0 Å². The van der Waals surface area contributed by atoms with E-state index in [1.54, 1.807) is 6.92 Å². The van der Waals surface area contributed by atoms with Crippen LogP contribution in [0.5, 0.6) is 0 Å². The fourth-order valence-corrected chi connectivity index (χ4v) is 2.07. The first-order chi connectivity index (χ1) is 11.6. The van der Waals surface area contributed by atoms with Crippen LogP contribution in [0.4, 0.5) is 4.53 Å². The van der Waals surface area contributed by atoms with E-state index in [0.717, 1.165) is 23.1 Å². The van der Waals surface area contributed by atoms with Crippen LogP contribution >= 0.6 is 0 Å². The molecule has 3 nitrogen and oxygen atoms in total. The predicted octanol–water partition coefficient (Wildman–Crippen LogP) is 4.98. The van der Waals surface area contributed by atoms with Gasteiger partial charge in [0, 0.05) is 20.0 Å². The van der Waals surface area contributed by atoms with Gasteiger partial charge in [-0.15, -0.1) is 0 Å². The normalized spacial score (nSPS) is 11.2. The van der Waals surface area contributed by atoms with Gasteiger partial charge in [0.2, 0.25) is 0 Å². The Kier molecular flexibility index (Phi) is 12.4. The van der Waals surface area contributed by atoms with Gasteiger partial charge >= 0.3 is 0 Å². The van der Waals surface area contributed by atoms with Crippen LogP contribution in [-0.2, 0) is 16.2 Å². The quantitative estimate of drug-likeness (QED) is 0.596. The number of rotatable bonds is 9. The maximum atomic E-state index is 11.7. The zero-order valence-corrected chi connectivity index (χ0v) is 15.5. The van der Waals surface area contributed by atoms with E-state index in [0.29, 0.717) is 13.0 Å². The largest absolute Gasteiger partial charge is 0.378 e. The second-order valence-corrected chi connectivity index (χ2v) is 5.25. The average Bonchev–Trinajstić information content (AvgIpc) is 2.59. The van der Waals surface area contributed by atoms with E-state index in [1.165, 1.54) is 0 Å². The number of carbonyl (C=O) groups is 1. The second kappa shape index (κ2) is 13.5. The summed E-state index contributed by atoms with van der Waals surface area (Å²) in [6.45, 7) is 8.21. The third-order valence-electron chi connectivity index (χ3n) is 3.19. The van der Waals surface area contributed by atoms with Gasteiger partial charge in [-0.2, -0.15) is 4.94 Å². The summed E-state index contributed by atoms with van der Waals surface area (Å²) in [6, 6.07) is 8.01. The third-order valence-corrected chi connectivity index (χ3v) is 3.19. The van der Waals surface area contributed by atoms with Crippen molar-refractivity contribution in [2.75, 3.05) is 20.2 Å². The van der Waals surface area contributed by atoms with Crippen LogP contribution in [0.1, 0.15) is 45.2 Å². The third kappa shape index (κ3) is 9.26. The molecule has 0 aliphatic carbocycles. The molecule has 134 valence electrons. The molecular formula is C20H30FNO2. The zero-order chi connectivity index (χ0) is 18.4. The van der Waals surface area contributed by atoms with Crippen LogP contribution in [0.3, 0.4) is 0 Å². The van der Waals surface area contributed by atoms with Crippen molar-refractivity contribution in [1.29, 1.82) is 0 Å². The second-order valence-electron chi connectivity index (χ2n) is 5.25. The summed E-state index contributed by atoms with van der Waals surface area (Å²) in [4.78, 5) is 16.6. The lowest BCUT2D eigenvalue weighted by atomic mass is 10.0. The summed E-state index contributed by atoms with van der Waals surface area (Å²) in [5.74, 6) is 0.161. The van der Waals surface area contributed by atoms with Crippen molar-refractivity contribution in [2.45, 2.75) is 40.5 Å². The topological polar surface area (TPSA) is 29.5 Å². The molecule has 1 aromatic rings. The molecule has 1 rings (SSSR count). The molecule has 0 aliphatic heterocycles. The molecule has 0 unspecified atom stereocenters. The summed E-state index contributed by atoms with van der Waals surface area (Å²) in [5.41, 5.74) is 3.22. The molecule has 0 N–H and O–H groups in total. The number of hydrogen-bond donors (Lipinski definition) is 0. The van der Waals surface area contributed by atoms with E-state index >= 15 is 0 Å². The molecule has 0 spiro atoms. The molecule has 0 aliphatic rings. The van der Waals surface area contributed by atoms with Crippen LogP contribution in [-0.4, -0.2) is 30.9 Å². The Morgan fingerprint density at radius 2 is 1.88 bits per heavy atom.